The van der Waals surface area contributed by atoms with Crippen LogP contribution >= 0.6 is 0 Å². The van der Waals surface area contributed by atoms with Crippen molar-refractivity contribution in [2.24, 2.45) is 28.9 Å². The van der Waals surface area contributed by atoms with E-state index in [0.29, 0.717) is 25.0 Å². The molecule has 1 aliphatic carbocycles. The molecule has 1 aliphatic rings. The quantitative estimate of drug-likeness (QED) is 0.800. The Hall–Kier alpha value is -0.610. The van der Waals surface area contributed by atoms with Gasteiger partial charge in [0.25, 0.3) is 0 Å². The summed E-state index contributed by atoms with van der Waals surface area (Å²) in [5, 5.41) is 3.07. The molecule has 4 heteroatoms. The number of hydrogen-bond donors (Lipinski definition) is 2. The fraction of sp³-hybridized carbons (Fsp3) is 0.933. The zero-order valence-electron chi connectivity index (χ0n) is 13.0. The number of nitrogens with one attached hydrogen (secondary N) is 1. The first-order chi connectivity index (χ1) is 8.80. The molecule has 4 atom stereocenters. The van der Waals surface area contributed by atoms with E-state index < -0.39 is 0 Å². The van der Waals surface area contributed by atoms with Crippen LogP contribution in [-0.2, 0) is 9.53 Å². The molecular formula is C15H30N2O2. The molecule has 3 N–H and O–H groups in total. The number of hydrogen-bond acceptors (Lipinski definition) is 3. The third-order valence-corrected chi connectivity index (χ3v) is 4.90. The van der Waals surface area contributed by atoms with E-state index >= 15 is 0 Å². The molecule has 4 unspecified atom stereocenters. The second-order valence-electron chi connectivity index (χ2n) is 6.71. The highest BCUT2D eigenvalue weighted by Gasteiger charge is 2.44. The van der Waals surface area contributed by atoms with E-state index in [1.165, 1.54) is 0 Å². The Morgan fingerprint density at radius 2 is 2.11 bits per heavy atom. The molecule has 0 aromatic heterocycles. The normalized spacial score (nSPS) is 31.8. The average Bonchev–Trinajstić information content (AvgIpc) is 2.34. The maximum atomic E-state index is 12.4. The number of nitrogens with two attached hydrogens (primary N) is 1. The van der Waals surface area contributed by atoms with E-state index in [2.05, 4.69) is 33.0 Å². The molecule has 0 radical (unpaired) electrons. The fourth-order valence-electron chi connectivity index (χ4n) is 3.06. The van der Waals surface area contributed by atoms with Crippen LogP contribution in [0.4, 0.5) is 0 Å². The Balaban J connectivity index is 2.56. The maximum Gasteiger partial charge on any atom is 0.223 e. The van der Waals surface area contributed by atoms with Gasteiger partial charge in [-0.1, -0.05) is 27.7 Å². The molecule has 0 aliphatic heterocycles. The van der Waals surface area contributed by atoms with Gasteiger partial charge < -0.3 is 15.8 Å². The van der Waals surface area contributed by atoms with Crippen molar-refractivity contribution in [1.82, 2.24) is 5.32 Å². The lowest BCUT2D eigenvalue weighted by Crippen LogP contribution is -2.52. The van der Waals surface area contributed by atoms with Gasteiger partial charge in [-0.3, -0.25) is 4.79 Å². The second kappa shape index (κ2) is 6.71. The average molecular weight is 270 g/mol. The van der Waals surface area contributed by atoms with Crippen molar-refractivity contribution in [2.75, 3.05) is 20.3 Å². The Kier molecular flexibility index (Phi) is 5.81. The van der Waals surface area contributed by atoms with Crippen molar-refractivity contribution in [3.8, 4) is 0 Å². The van der Waals surface area contributed by atoms with E-state index in [1.807, 2.05) is 0 Å². The first-order valence-electron chi connectivity index (χ1n) is 7.32. The van der Waals surface area contributed by atoms with Gasteiger partial charge in [0.1, 0.15) is 0 Å². The number of amides is 1. The van der Waals surface area contributed by atoms with E-state index in [4.69, 9.17) is 10.5 Å². The van der Waals surface area contributed by atoms with Gasteiger partial charge in [0.15, 0.2) is 0 Å². The lowest BCUT2D eigenvalue weighted by atomic mass is 9.61. The molecule has 1 rings (SSSR count). The van der Waals surface area contributed by atoms with Gasteiger partial charge in [0.05, 0.1) is 6.61 Å². The first-order valence-corrected chi connectivity index (χ1v) is 7.32. The van der Waals surface area contributed by atoms with Crippen molar-refractivity contribution in [3.63, 3.8) is 0 Å². The second-order valence-corrected chi connectivity index (χ2v) is 6.71. The fourth-order valence-corrected chi connectivity index (χ4v) is 3.06. The number of carbonyl (C=O) groups excluding carboxylic acids is 1. The Morgan fingerprint density at radius 1 is 1.47 bits per heavy atom. The highest BCUT2D eigenvalue weighted by molar-refractivity contribution is 5.79. The Bertz CT molecular complexity index is 305. The maximum absolute atomic E-state index is 12.4. The summed E-state index contributed by atoms with van der Waals surface area (Å²) < 4.78 is 5.09. The number of rotatable bonds is 5. The van der Waals surface area contributed by atoms with E-state index in [0.717, 1.165) is 12.8 Å². The first kappa shape index (κ1) is 16.4. The predicted molar refractivity (Wildman–Crippen MR) is 77.7 cm³/mol. The lowest BCUT2D eigenvalue weighted by Gasteiger charge is -2.46. The van der Waals surface area contributed by atoms with Gasteiger partial charge in [0, 0.05) is 25.6 Å². The summed E-state index contributed by atoms with van der Waals surface area (Å²) in [6.45, 7) is 9.93. The summed E-state index contributed by atoms with van der Waals surface area (Å²) >= 11 is 0. The molecule has 0 aromatic carbocycles. The van der Waals surface area contributed by atoms with Crippen LogP contribution in [0, 0.1) is 23.2 Å². The van der Waals surface area contributed by atoms with Gasteiger partial charge >= 0.3 is 0 Å². The molecule has 0 spiro atoms. The van der Waals surface area contributed by atoms with Crippen molar-refractivity contribution in [2.45, 2.75) is 46.6 Å². The highest BCUT2D eigenvalue weighted by Crippen LogP contribution is 2.44. The summed E-state index contributed by atoms with van der Waals surface area (Å²) in [6, 6.07) is 0.214. The minimum atomic E-state index is -0.0355. The van der Waals surface area contributed by atoms with Crippen LogP contribution in [-0.4, -0.2) is 32.2 Å². The van der Waals surface area contributed by atoms with Crippen molar-refractivity contribution in [3.05, 3.63) is 0 Å². The minimum absolute atomic E-state index is 0.0355. The van der Waals surface area contributed by atoms with Crippen LogP contribution in [0.15, 0.2) is 0 Å². The predicted octanol–water partition coefficient (Wildman–Crippen LogP) is 1.78. The van der Waals surface area contributed by atoms with Gasteiger partial charge in [0.2, 0.25) is 5.91 Å². The van der Waals surface area contributed by atoms with Crippen LogP contribution in [0.3, 0.4) is 0 Å². The van der Waals surface area contributed by atoms with Gasteiger partial charge in [-0.25, -0.2) is 0 Å². The molecule has 1 amide bonds. The largest absolute Gasteiger partial charge is 0.384 e. The monoisotopic (exact) mass is 270 g/mol. The van der Waals surface area contributed by atoms with Gasteiger partial charge in [-0.2, -0.15) is 0 Å². The van der Waals surface area contributed by atoms with Crippen LogP contribution in [0.25, 0.3) is 0 Å². The Labute approximate surface area is 117 Å². The highest BCUT2D eigenvalue weighted by atomic mass is 16.5. The van der Waals surface area contributed by atoms with Crippen LogP contribution in [0.1, 0.15) is 40.5 Å². The van der Waals surface area contributed by atoms with Crippen molar-refractivity contribution < 1.29 is 9.53 Å². The van der Waals surface area contributed by atoms with E-state index in [1.54, 1.807) is 7.11 Å². The number of methoxy groups -OCH3 is 1. The molecule has 0 saturated heterocycles. The van der Waals surface area contributed by atoms with Crippen LogP contribution in [0.2, 0.25) is 0 Å². The van der Waals surface area contributed by atoms with Crippen LogP contribution in [0.5, 0.6) is 0 Å². The third kappa shape index (κ3) is 3.93. The topological polar surface area (TPSA) is 64.3 Å². The van der Waals surface area contributed by atoms with Crippen molar-refractivity contribution in [1.29, 1.82) is 0 Å². The molecule has 1 saturated carbocycles. The van der Waals surface area contributed by atoms with Crippen LogP contribution < -0.4 is 11.1 Å². The molecule has 4 nitrogen and oxygen atoms in total. The summed E-state index contributed by atoms with van der Waals surface area (Å²) in [5.41, 5.74) is 6.09. The SMILES string of the molecule is COCC(C)CNC(=O)C1CCC(N)C(C)C1(C)C. The molecular weight excluding hydrogens is 240 g/mol. The van der Waals surface area contributed by atoms with Gasteiger partial charge in [-0.15, -0.1) is 0 Å². The molecule has 1 fully saturated rings. The molecule has 0 bridgehead atoms. The number of carbonyl (C=O) groups is 1. The smallest absolute Gasteiger partial charge is 0.223 e. The summed E-state index contributed by atoms with van der Waals surface area (Å²) in [4.78, 5) is 12.4. The third-order valence-electron chi connectivity index (χ3n) is 4.90. The molecule has 0 heterocycles. The standard InChI is InChI=1S/C15H30N2O2/c1-10(9-19-5)8-17-14(18)12-6-7-13(16)11(2)15(12,3)4/h10-13H,6-9,16H2,1-5H3,(H,17,18). The molecule has 0 aromatic rings. The summed E-state index contributed by atoms with van der Waals surface area (Å²) in [5.74, 6) is 0.956. The number of ether oxygens (including phenoxy) is 1. The van der Waals surface area contributed by atoms with E-state index in [-0.39, 0.29) is 23.3 Å². The lowest BCUT2D eigenvalue weighted by molar-refractivity contribution is -0.132. The minimum Gasteiger partial charge on any atom is -0.384 e. The zero-order valence-corrected chi connectivity index (χ0v) is 13.0. The summed E-state index contributed by atoms with van der Waals surface area (Å²) in [6.07, 6.45) is 1.83. The summed E-state index contributed by atoms with van der Waals surface area (Å²) in [7, 11) is 1.69. The van der Waals surface area contributed by atoms with E-state index in [9.17, 15) is 4.79 Å². The molecule has 112 valence electrons. The zero-order chi connectivity index (χ0) is 14.6. The van der Waals surface area contributed by atoms with Crippen molar-refractivity contribution >= 4 is 5.91 Å². The molecule has 19 heavy (non-hydrogen) atoms. The van der Waals surface area contributed by atoms with Gasteiger partial charge in [-0.05, 0) is 30.1 Å². The Morgan fingerprint density at radius 3 is 2.68 bits per heavy atom.